The van der Waals surface area contributed by atoms with E-state index in [-0.39, 0.29) is 10.8 Å². The number of hydrogen-bond donors (Lipinski definition) is 1. The molecule has 9 heteroatoms. The van der Waals surface area contributed by atoms with Gasteiger partial charge in [-0.05, 0) is 36.4 Å². The van der Waals surface area contributed by atoms with Crippen molar-refractivity contribution in [3.63, 3.8) is 0 Å². The summed E-state index contributed by atoms with van der Waals surface area (Å²) in [5, 5.41) is 0.492. The number of sulfonamides is 1. The molecule has 0 saturated carbocycles. The van der Waals surface area contributed by atoms with E-state index in [1.165, 1.54) is 18.4 Å². The molecule has 0 radical (unpaired) electrons. The molecule has 2 heterocycles. The minimum Gasteiger partial charge on any atom is -0.459 e. The average Bonchev–Trinajstić information content (AvgIpc) is 3.17. The second kappa shape index (κ2) is 8.22. The van der Waals surface area contributed by atoms with Gasteiger partial charge in [0, 0.05) is 44.3 Å². The van der Waals surface area contributed by atoms with Crippen LogP contribution in [0.1, 0.15) is 10.6 Å². The molecule has 1 aromatic heterocycles. The zero-order valence-corrected chi connectivity index (χ0v) is 15.7. The van der Waals surface area contributed by atoms with E-state index in [0.717, 1.165) is 0 Å². The number of nitrogens with one attached hydrogen (secondary N) is 1. The van der Waals surface area contributed by atoms with Gasteiger partial charge in [-0.15, -0.1) is 0 Å². The number of hydrogen-bond acceptors (Lipinski definition) is 5. The van der Waals surface area contributed by atoms with Crippen molar-refractivity contribution in [2.24, 2.45) is 0 Å². The maximum atomic E-state index is 12.2. The van der Waals surface area contributed by atoms with Gasteiger partial charge in [-0.25, -0.2) is 13.1 Å². The van der Waals surface area contributed by atoms with Gasteiger partial charge < -0.3 is 9.32 Å². The normalized spacial score (nSPS) is 16.0. The molecule has 140 valence electrons. The van der Waals surface area contributed by atoms with Gasteiger partial charge in [0.2, 0.25) is 10.0 Å². The Morgan fingerprint density at radius 2 is 1.81 bits per heavy atom. The topological polar surface area (TPSA) is 82.9 Å². The number of halogens is 1. The second-order valence-electron chi connectivity index (χ2n) is 5.96. The number of rotatable bonds is 6. The molecule has 1 saturated heterocycles. The van der Waals surface area contributed by atoms with Crippen LogP contribution in [0.15, 0.2) is 52.0 Å². The number of amides is 1. The van der Waals surface area contributed by atoms with Gasteiger partial charge in [0.15, 0.2) is 5.76 Å². The first kappa shape index (κ1) is 18.9. The van der Waals surface area contributed by atoms with Crippen LogP contribution >= 0.6 is 11.6 Å². The molecular weight excluding hydrogens is 378 g/mol. The monoisotopic (exact) mass is 397 g/mol. The summed E-state index contributed by atoms with van der Waals surface area (Å²) >= 11 is 5.78. The quantitative estimate of drug-likeness (QED) is 0.801. The number of nitrogens with zero attached hydrogens (tertiary/aromatic N) is 2. The lowest BCUT2D eigenvalue weighted by molar-refractivity contribution is 0.0609. The van der Waals surface area contributed by atoms with E-state index in [2.05, 4.69) is 9.62 Å². The number of furan rings is 1. The number of carbonyl (C=O) groups excluding carboxylic acids is 1. The van der Waals surface area contributed by atoms with Crippen molar-refractivity contribution in [3.8, 4) is 0 Å². The van der Waals surface area contributed by atoms with E-state index < -0.39 is 10.0 Å². The van der Waals surface area contributed by atoms with Gasteiger partial charge in [0.1, 0.15) is 0 Å². The highest BCUT2D eigenvalue weighted by atomic mass is 35.5. The molecule has 3 rings (SSSR count). The largest absolute Gasteiger partial charge is 0.459 e. The van der Waals surface area contributed by atoms with E-state index in [1.54, 1.807) is 29.2 Å². The molecule has 1 fully saturated rings. The second-order valence-corrected chi connectivity index (χ2v) is 8.17. The van der Waals surface area contributed by atoms with Crippen LogP contribution in [0, 0.1) is 0 Å². The maximum absolute atomic E-state index is 12.2. The fraction of sp³-hybridized carbons (Fsp3) is 0.353. The fourth-order valence-electron chi connectivity index (χ4n) is 2.77. The van der Waals surface area contributed by atoms with Crippen LogP contribution in [0.3, 0.4) is 0 Å². The van der Waals surface area contributed by atoms with Crippen molar-refractivity contribution in [2.45, 2.75) is 4.90 Å². The third-order valence-corrected chi connectivity index (χ3v) is 5.96. The van der Waals surface area contributed by atoms with E-state index in [4.69, 9.17) is 16.0 Å². The van der Waals surface area contributed by atoms with Crippen LogP contribution in [0.25, 0.3) is 0 Å². The summed E-state index contributed by atoms with van der Waals surface area (Å²) in [6.45, 7) is 3.43. The summed E-state index contributed by atoms with van der Waals surface area (Å²) in [5.74, 6) is 0.229. The van der Waals surface area contributed by atoms with Crippen molar-refractivity contribution >= 4 is 27.5 Å². The molecule has 1 N–H and O–H groups in total. The van der Waals surface area contributed by atoms with Gasteiger partial charge in [-0.2, -0.15) is 0 Å². The van der Waals surface area contributed by atoms with Gasteiger partial charge in [-0.1, -0.05) is 11.6 Å². The smallest absolute Gasteiger partial charge is 0.289 e. The molecule has 1 aliphatic heterocycles. The Labute approximate surface area is 157 Å². The zero-order chi connectivity index (χ0) is 18.6. The van der Waals surface area contributed by atoms with Crippen LogP contribution in [-0.2, 0) is 10.0 Å². The first-order valence-electron chi connectivity index (χ1n) is 8.26. The highest BCUT2D eigenvalue weighted by Crippen LogP contribution is 2.14. The minimum absolute atomic E-state index is 0.113. The molecule has 7 nitrogen and oxygen atoms in total. The lowest BCUT2D eigenvalue weighted by Crippen LogP contribution is -2.50. The lowest BCUT2D eigenvalue weighted by atomic mass is 10.3. The molecule has 26 heavy (non-hydrogen) atoms. The molecule has 1 aromatic carbocycles. The van der Waals surface area contributed by atoms with E-state index in [0.29, 0.717) is 50.1 Å². The fourth-order valence-corrected chi connectivity index (χ4v) is 3.91. The van der Waals surface area contributed by atoms with E-state index in [9.17, 15) is 13.2 Å². The van der Waals surface area contributed by atoms with Crippen LogP contribution < -0.4 is 4.72 Å². The van der Waals surface area contributed by atoms with Crippen LogP contribution in [-0.4, -0.2) is 63.4 Å². The molecule has 0 atom stereocenters. The molecule has 0 aliphatic carbocycles. The number of carbonyl (C=O) groups is 1. The van der Waals surface area contributed by atoms with Gasteiger partial charge in [0.25, 0.3) is 5.91 Å². The van der Waals surface area contributed by atoms with Crippen molar-refractivity contribution in [2.75, 3.05) is 39.3 Å². The van der Waals surface area contributed by atoms with Gasteiger partial charge in [0.05, 0.1) is 11.2 Å². The van der Waals surface area contributed by atoms with Gasteiger partial charge >= 0.3 is 0 Å². The predicted octanol–water partition coefficient (Wildman–Crippen LogP) is 1.67. The molecule has 0 bridgehead atoms. The molecular formula is C17H20ClN3O4S. The van der Waals surface area contributed by atoms with Gasteiger partial charge in [-0.3, -0.25) is 9.69 Å². The Hall–Kier alpha value is -1.87. The zero-order valence-electron chi connectivity index (χ0n) is 14.1. The number of piperazine rings is 1. The molecule has 2 aromatic rings. The Morgan fingerprint density at radius 1 is 1.12 bits per heavy atom. The standard InChI is InChI=1S/C17H20ClN3O4S/c18-14-3-5-15(6-4-14)26(23,24)19-7-8-20-9-11-21(12-10-20)17(22)16-2-1-13-25-16/h1-6,13,19H,7-12H2. The number of benzene rings is 1. The SMILES string of the molecule is O=C(c1ccco1)N1CCN(CCNS(=O)(=O)c2ccc(Cl)cc2)CC1. The molecule has 0 unspecified atom stereocenters. The highest BCUT2D eigenvalue weighted by molar-refractivity contribution is 7.89. The first-order valence-corrected chi connectivity index (χ1v) is 10.1. The summed E-state index contributed by atoms with van der Waals surface area (Å²) in [5.41, 5.74) is 0. The predicted molar refractivity (Wildman–Crippen MR) is 97.7 cm³/mol. The Morgan fingerprint density at radius 3 is 2.42 bits per heavy atom. The van der Waals surface area contributed by atoms with Crippen molar-refractivity contribution in [3.05, 3.63) is 53.4 Å². The Kier molecular flexibility index (Phi) is 5.98. The van der Waals surface area contributed by atoms with Crippen molar-refractivity contribution in [1.82, 2.24) is 14.5 Å². The minimum atomic E-state index is -3.54. The summed E-state index contributed by atoms with van der Waals surface area (Å²) in [4.78, 5) is 16.3. The van der Waals surface area contributed by atoms with Crippen LogP contribution in [0.2, 0.25) is 5.02 Å². The van der Waals surface area contributed by atoms with Crippen molar-refractivity contribution < 1.29 is 17.6 Å². The summed E-state index contributed by atoms with van der Waals surface area (Å²) in [6, 6.07) is 9.39. The average molecular weight is 398 g/mol. The third kappa shape index (κ3) is 4.64. The highest BCUT2D eigenvalue weighted by Gasteiger charge is 2.23. The van der Waals surface area contributed by atoms with Crippen molar-refractivity contribution in [1.29, 1.82) is 0 Å². The third-order valence-electron chi connectivity index (χ3n) is 4.24. The van der Waals surface area contributed by atoms with Crippen LogP contribution in [0.4, 0.5) is 0 Å². The first-order chi connectivity index (χ1) is 12.5. The Bertz CT molecular complexity index is 829. The van der Waals surface area contributed by atoms with Crippen LogP contribution in [0.5, 0.6) is 0 Å². The Balaban J connectivity index is 1.44. The summed E-state index contributed by atoms with van der Waals surface area (Å²) in [6.07, 6.45) is 1.48. The molecule has 1 amide bonds. The molecule has 0 spiro atoms. The maximum Gasteiger partial charge on any atom is 0.289 e. The summed E-state index contributed by atoms with van der Waals surface area (Å²) in [7, 11) is -3.54. The molecule has 1 aliphatic rings. The summed E-state index contributed by atoms with van der Waals surface area (Å²) < 4.78 is 32.2. The van der Waals surface area contributed by atoms with E-state index >= 15 is 0 Å². The van der Waals surface area contributed by atoms with E-state index in [1.807, 2.05) is 0 Å². The lowest BCUT2D eigenvalue weighted by Gasteiger charge is -2.34.